The Bertz CT molecular complexity index is 2580. The number of carbonyl (C=O) groups is 4. The topological polar surface area (TPSA) is 237 Å². The van der Waals surface area contributed by atoms with Crippen molar-refractivity contribution in [3.63, 3.8) is 0 Å². The highest BCUT2D eigenvalue weighted by molar-refractivity contribution is 7.47. The lowest BCUT2D eigenvalue weighted by Gasteiger charge is -2.21. The molecular weight excluding hydrogens is 1380 g/mol. The summed E-state index contributed by atoms with van der Waals surface area (Å²) in [5.74, 6) is -2.35. The molecule has 19 heteroatoms. The van der Waals surface area contributed by atoms with E-state index in [2.05, 4.69) is 143 Å². The highest BCUT2D eigenvalue weighted by Gasteiger charge is 2.30. The molecule has 0 fully saturated rings. The van der Waals surface area contributed by atoms with E-state index in [4.69, 9.17) is 37.0 Å². The number of carbonyl (C=O) groups excluding carboxylic acids is 4. The van der Waals surface area contributed by atoms with E-state index < -0.39 is 97.5 Å². The molecule has 0 radical (unpaired) electrons. The first-order valence-electron chi connectivity index (χ1n) is 41.1. The van der Waals surface area contributed by atoms with Crippen molar-refractivity contribution in [3.8, 4) is 0 Å². The summed E-state index contributed by atoms with van der Waals surface area (Å²) in [5.41, 5.74) is 0. The van der Waals surface area contributed by atoms with Crippen LogP contribution in [0.4, 0.5) is 0 Å². The number of phosphoric acid groups is 2. The van der Waals surface area contributed by atoms with Crippen molar-refractivity contribution < 1.29 is 80.2 Å². The van der Waals surface area contributed by atoms with Crippen LogP contribution in [0.1, 0.15) is 323 Å². The number of unbranched alkanes of at least 4 members (excludes halogenated alkanes) is 26. The van der Waals surface area contributed by atoms with Crippen LogP contribution in [0, 0.1) is 0 Å². The van der Waals surface area contributed by atoms with E-state index in [0.29, 0.717) is 38.5 Å². The van der Waals surface area contributed by atoms with Crippen molar-refractivity contribution in [2.45, 2.75) is 341 Å². The third-order valence-electron chi connectivity index (χ3n) is 16.8. The smallest absolute Gasteiger partial charge is 0.462 e. The molecule has 3 N–H and O–H groups in total. The van der Waals surface area contributed by atoms with E-state index in [1.54, 1.807) is 0 Å². The van der Waals surface area contributed by atoms with Crippen LogP contribution in [-0.2, 0) is 65.4 Å². The van der Waals surface area contributed by atoms with Gasteiger partial charge in [-0.2, -0.15) is 0 Å². The molecule has 106 heavy (non-hydrogen) atoms. The van der Waals surface area contributed by atoms with Gasteiger partial charge in [-0.1, -0.05) is 289 Å². The van der Waals surface area contributed by atoms with Gasteiger partial charge in [0.15, 0.2) is 12.2 Å². The third kappa shape index (κ3) is 77.1. The van der Waals surface area contributed by atoms with Crippen LogP contribution in [0.3, 0.4) is 0 Å². The van der Waals surface area contributed by atoms with Crippen LogP contribution in [0.2, 0.25) is 0 Å². The lowest BCUT2D eigenvalue weighted by Crippen LogP contribution is -2.30. The second-order valence-corrected chi connectivity index (χ2v) is 29.9. The van der Waals surface area contributed by atoms with E-state index in [9.17, 15) is 43.2 Å². The Morgan fingerprint density at radius 1 is 0.274 bits per heavy atom. The Hall–Kier alpha value is -5.06. The Balaban J connectivity index is 5.49. The SMILES string of the molecule is CC/C=C\C/C=C\C/C=C\C/C=C\C/C=C\C/C=C\CCC(=O)OC[C@H](COP(=O)(O)OC[C@@H](O)COP(=O)(O)OC[C@@H](COC(=O)CCCCCCC/C=C\CCCCCCCC)OC(=O)CCC/C=C\C/C=C\C/C=C\C/C=C\CCCCC)OC(=O)CCCCCCCCC/C=C\CCCCCC. The molecule has 0 spiro atoms. The van der Waals surface area contributed by atoms with Gasteiger partial charge in [0.25, 0.3) is 0 Å². The number of aliphatic hydroxyl groups excluding tert-OH is 1. The van der Waals surface area contributed by atoms with Gasteiger partial charge in [0.1, 0.15) is 19.3 Å². The Morgan fingerprint density at radius 2 is 0.519 bits per heavy atom. The first kappa shape index (κ1) is 101. The van der Waals surface area contributed by atoms with Gasteiger partial charge >= 0.3 is 39.5 Å². The summed E-state index contributed by atoms with van der Waals surface area (Å²) >= 11 is 0. The van der Waals surface area contributed by atoms with E-state index in [-0.39, 0.29) is 25.7 Å². The van der Waals surface area contributed by atoms with Crippen LogP contribution in [0.5, 0.6) is 0 Å². The van der Waals surface area contributed by atoms with Crippen molar-refractivity contribution in [2.24, 2.45) is 0 Å². The molecule has 17 nitrogen and oxygen atoms in total. The van der Waals surface area contributed by atoms with Crippen molar-refractivity contribution >= 4 is 39.5 Å². The predicted octanol–water partition coefficient (Wildman–Crippen LogP) is 24.2. The summed E-state index contributed by atoms with van der Waals surface area (Å²) in [5, 5.41) is 10.6. The fourth-order valence-corrected chi connectivity index (χ4v) is 12.1. The monoisotopic (exact) mass is 1530 g/mol. The molecule has 0 rings (SSSR count). The zero-order chi connectivity index (χ0) is 77.4. The molecule has 0 saturated heterocycles. The summed E-state index contributed by atoms with van der Waals surface area (Å²) in [6.07, 6.45) is 89.8. The van der Waals surface area contributed by atoms with Gasteiger partial charge in [0.2, 0.25) is 0 Å². The van der Waals surface area contributed by atoms with Gasteiger partial charge in [-0.3, -0.25) is 37.3 Å². The largest absolute Gasteiger partial charge is 0.472 e. The van der Waals surface area contributed by atoms with Gasteiger partial charge in [0.05, 0.1) is 26.4 Å². The number of allylic oxidation sites excluding steroid dienone is 24. The first-order valence-corrected chi connectivity index (χ1v) is 44.1. The molecule has 0 saturated carbocycles. The summed E-state index contributed by atoms with van der Waals surface area (Å²) in [6.45, 7) is 4.57. The second kappa shape index (κ2) is 78.1. The quantitative estimate of drug-likeness (QED) is 0.0169. The van der Waals surface area contributed by atoms with Crippen molar-refractivity contribution in [2.75, 3.05) is 39.6 Å². The van der Waals surface area contributed by atoms with Gasteiger partial charge in [-0.05, 0) is 154 Å². The number of hydrogen-bond donors (Lipinski definition) is 3. The normalized spacial score (nSPS) is 14.6. The fraction of sp³-hybridized carbons (Fsp3) is 0.678. The maximum Gasteiger partial charge on any atom is 0.472 e. The van der Waals surface area contributed by atoms with Gasteiger partial charge < -0.3 is 33.8 Å². The van der Waals surface area contributed by atoms with E-state index in [1.807, 2.05) is 30.4 Å². The Labute approximate surface area is 643 Å². The van der Waals surface area contributed by atoms with Crippen LogP contribution in [0.15, 0.2) is 146 Å². The number of ether oxygens (including phenoxy) is 4. The average molecular weight is 1530 g/mol. The highest BCUT2D eigenvalue weighted by atomic mass is 31.2. The van der Waals surface area contributed by atoms with Gasteiger partial charge in [-0.15, -0.1) is 0 Å². The number of esters is 4. The maximum atomic E-state index is 13.1. The van der Waals surface area contributed by atoms with Crippen molar-refractivity contribution in [1.82, 2.24) is 0 Å². The lowest BCUT2D eigenvalue weighted by atomic mass is 10.1. The maximum absolute atomic E-state index is 13.1. The molecule has 0 aliphatic heterocycles. The van der Waals surface area contributed by atoms with E-state index >= 15 is 0 Å². The van der Waals surface area contributed by atoms with E-state index in [1.165, 1.54) is 83.5 Å². The molecule has 0 aliphatic rings. The number of hydrogen-bond acceptors (Lipinski definition) is 15. The Kier molecular flexibility index (Phi) is 74.3. The molecule has 0 aromatic carbocycles. The molecule has 5 atom stereocenters. The molecule has 2 unspecified atom stereocenters. The fourth-order valence-electron chi connectivity index (χ4n) is 10.5. The average Bonchev–Trinajstić information content (AvgIpc) is 0.905. The molecule has 0 amide bonds. The van der Waals surface area contributed by atoms with Gasteiger partial charge in [0, 0.05) is 25.7 Å². The summed E-state index contributed by atoms with van der Waals surface area (Å²) in [7, 11) is -10.0. The highest BCUT2D eigenvalue weighted by Crippen LogP contribution is 2.45. The van der Waals surface area contributed by atoms with Crippen LogP contribution < -0.4 is 0 Å². The number of rotatable bonds is 76. The lowest BCUT2D eigenvalue weighted by molar-refractivity contribution is -0.161. The standard InChI is InChI=1S/C87H146O17P2/c1-5-9-13-17-21-25-29-33-37-39-40-42-45-48-52-56-60-64-68-72-85(90)98-78-82(103-86(91)73-69-65-61-57-53-49-44-36-32-28-24-20-16-12-8-4)79-101-105(93,94)99-75-81(88)76-100-106(95,96)102-80-83(77-97-84(89)71-67-63-59-55-51-47-43-35-31-27-23-19-15-11-7-3)104-87(92)74-70-66-62-58-54-50-46-41-38-34-30-26-22-18-14-10-6-2/h9,13,21-22,25-26,28,32-35,37-38,40,42-43,46,48,50,52,58,60,62,64,81-83,88H,5-8,10-12,14-20,23-24,27,29-31,36,39,41,44-45,47,49,51,53-57,59,61,63,65-80H2,1-4H3,(H,93,94)(H,95,96)/b13-9-,25-21-,26-22-,32-28-,37-33-,38-34-,42-40-,43-35-,50-46-,52-48-,62-58-,64-60-/t81-,82-,83-/m1/s1. The zero-order valence-electron chi connectivity index (χ0n) is 66.3. The van der Waals surface area contributed by atoms with E-state index in [0.717, 1.165) is 148 Å². The summed E-state index contributed by atoms with van der Waals surface area (Å²) in [6, 6.07) is 0. The molecule has 0 aromatic rings. The minimum atomic E-state index is -5.00. The predicted molar refractivity (Wildman–Crippen MR) is 436 cm³/mol. The summed E-state index contributed by atoms with van der Waals surface area (Å²) < 4.78 is 68.5. The minimum Gasteiger partial charge on any atom is -0.462 e. The molecule has 0 aliphatic carbocycles. The molecule has 606 valence electrons. The Morgan fingerprint density at radius 3 is 0.887 bits per heavy atom. The van der Waals surface area contributed by atoms with Crippen LogP contribution >= 0.6 is 15.6 Å². The van der Waals surface area contributed by atoms with Gasteiger partial charge in [-0.25, -0.2) is 9.13 Å². The molecule has 0 bridgehead atoms. The first-order chi connectivity index (χ1) is 51.7. The third-order valence-corrected chi connectivity index (χ3v) is 18.7. The van der Waals surface area contributed by atoms with Crippen LogP contribution in [0.25, 0.3) is 0 Å². The molecule has 0 aromatic heterocycles. The number of aliphatic hydroxyl groups is 1. The zero-order valence-corrected chi connectivity index (χ0v) is 68.1. The minimum absolute atomic E-state index is 0.0131. The molecular formula is C87H146O17P2. The molecule has 0 heterocycles. The summed E-state index contributed by atoms with van der Waals surface area (Å²) in [4.78, 5) is 73.0. The van der Waals surface area contributed by atoms with Crippen molar-refractivity contribution in [3.05, 3.63) is 146 Å². The van der Waals surface area contributed by atoms with Crippen LogP contribution in [-0.4, -0.2) is 96.7 Å². The second-order valence-electron chi connectivity index (χ2n) is 27.0. The van der Waals surface area contributed by atoms with Crippen molar-refractivity contribution in [1.29, 1.82) is 0 Å². The number of phosphoric ester groups is 2.